The minimum atomic E-state index is 0.0628. The van der Waals surface area contributed by atoms with Gasteiger partial charge in [0.1, 0.15) is 0 Å². The van der Waals surface area contributed by atoms with Crippen LogP contribution in [-0.4, -0.2) is 11.2 Å². The Balaban J connectivity index is 1.93. The quantitative estimate of drug-likeness (QED) is 0.584. The summed E-state index contributed by atoms with van der Waals surface area (Å²) in [6.07, 6.45) is 5.53. The Morgan fingerprint density at radius 3 is 2.58 bits per heavy atom. The van der Waals surface area contributed by atoms with Gasteiger partial charge >= 0.3 is 0 Å². The molecule has 1 heteroatoms. The number of aliphatic hydroxyl groups is 1. The minimum Gasteiger partial charge on any atom is -0.393 e. The highest BCUT2D eigenvalue weighted by molar-refractivity contribution is 5.01. The van der Waals surface area contributed by atoms with Crippen molar-refractivity contribution < 1.29 is 5.11 Å². The molecular weight excluding hydrogens is 148 g/mol. The van der Waals surface area contributed by atoms with Crippen LogP contribution in [0.4, 0.5) is 0 Å². The third-order valence-electron chi connectivity index (χ3n) is 4.82. The number of hydrogen-bond donors (Lipinski definition) is 1. The first kappa shape index (κ1) is 7.37. The van der Waals surface area contributed by atoms with Gasteiger partial charge in [0, 0.05) is 0 Å². The topological polar surface area (TPSA) is 20.2 Å². The molecule has 4 bridgehead atoms. The SMILES string of the molecule is C[C@H]1C2CC3CC(C2)[C@H](O)C1C3. The highest BCUT2D eigenvalue weighted by Gasteiger charge is 2.51. The summed E-state index contributed by atoms with van der Waals surface area (Å²) in [6.45, 7) is 2.36. The molecule has 12 heavy (non-hydrogen) atoms. The van der Waals surface area contributed by atoms with Gasteiger partial charge in [0.2, 0.25) is 0 Å². The van der Waals surface area contributed by atoms with Crippen LogP contribution in [0.25, 0.3) is 0 Å². The Morgan fingerprint density at radius 1 is 1.00 bits per heavy atom. The lowest BCUT2D eigenvalue weighted by atomic mass is 9.51. The maximum atomic E-state index is 10.00. The summed E-state index contributed by atoms with van der Waals surface area (Å²) in [4.78, 5) is 0. The van der Waals surface area contributed by atoms with Crippen LogP contribution in [0.2, 0.25) is 0 Å². The molecule has 0 aromatic rings. The first-order valence-electron chi connectivity index (χ1n) is 5.43. The lowest BCUT2D eigenvalue weighted by Crippen LogP contribution is -2.52. The minimum absolute atomic E-state index is 0.0628. The van der Waals surface area contributed by atoms with E-state index in [2.05, 4.69) is 6.92 Å². The van der Waals surface area contributed by atoms with E-state index in [9.17, 15) is 5.11 Å². The highest BCUT2D eigenvalue weighted by atomic mass is 16.3. The first-order valence-corrected chi connectivity index (χ1v) is 5.43. The van der Waals surface area contributed by atoms with E-state index in [4.69, 9.17) is 0 Å². The Labute approximate surface area is 74.2 Å². The van der Waals surface area contributed by atoms with Gasteiger partial charge in [-0.05, 0) is 55.3 Å². The van der Waals surface area contributed by atoms with Crippen LogP contribution in [0, 0.1) is 29.6 Å². The molecule has 1 N–H and O–H groups in total. The third kappa shape index (κ3) is 0.783. The molecule has 0 aliphatic heterocycles. The normalized spacial score (nSPS) is 62.5. The van der Waals surface area contributed by atoms with E-state index in [1.54, 1.807) is 0 Å². The molecule has 0 radical (unpaired) electrons. The molecule has 0 saturated heterocycles. The van der Waals surface area contributed by atoms with Crippen molar-refractivity contribution in [2.45, 2.75) is 38.7 Å². The fourth-order valence-corrected chi connectivity index (χ4v) is 4.18. The van der Waals surface area contributed by atoms with E-state index in [-0.39, 0.29) is 6.10 Å². The largest absolute Gasteiger partial charge is 0.393 e. The molecule has 4 aliphatic rings. The summed E-state index contributed by atoms with van der Waals surface area (Å²) in [5.74, 6) is 4.12. The molecule has 0 aromatic heterocycles. The van der Waals surface area contributed by atoms with Crippen molar-refractivity contribution in [2.24, 2.45) is 29.6 Å². The van der Waals surface area contributed by atoms with Gasteiger partial charge in [-0.1, -0.05) is 6.92 Å². The zero-order valence-corrected chi connectivity index (χ0v) is 7.74. The summed E-state index contributed by atoms with van der Waals surface area (Å²) >= 11 is 0. The van der Waals surface area contributed by atoms with Gasteiger partial charge < -0.3 is 5.11 Å². The lowest BCUT2D eigenvalue weighted by molar-refractivity contribution is -0.124. The van der Waals surface area contributed by atoms with Gasteiger partial charge in [-0.15, -0.1) is 0 Å². The standard InChI is InChI=1S/C11H18O/c1-6-8-2-7-3-9(5-8)11(12)10(6)4-7/h6-12H,2-5H2,1H3/t6-,7?,8?,9?,10?,11-/m0/s1. The molecule has 4 saturated carbocycles. The molecule has 6 atom stereocenters. The second-order valence-electron chi connectivity index (χ2n) is 5.34. The van der Waals surface area contributed by atoms with Crippen LogP contribution in [-0.2, 0) is 0 Å². The Hall–Kier alpha value is -0.0400. The predicted octanol–water partition coefficient (Wildman–Crippen LogP) is 2.05. The highest BCUT2D eigenvalue weighted by Crippen LogP contribution is 2.56. The average molecular weight is 166 g/mol. The summed E-state index contributed by atoms with van der Waals surface area (Å²) in [7, 11) is 0. The summed E-state index contributed by atoms with van der Waals surface area (Å²) < 4.78 is 0. The molecule has 4 unspecified atom stereocenters. The van der Waals surface area contributed by atoms with Crippen LogP contribution in [0.1, 0.15) is 32.6 Å². The van der Waals surface area contributed by atoms with Gasteiger partial charge in [-0.25, -0.2) is 0 Å². The molecule has 68 valence electrons. The van der Waals surface area contributed by atoms with Crippen LogP contribution < -0.4 is 0 Å². The number of rotatable bonds is 0. The zero-order valence-electron chi connectivity index (χ0n) is 7.74. The van der Waals surface area contributed by atoms with Crippen LogP contribution in [0.3, 0.4) is 0 Å². The van der Waals surface area contributed by atoms with E-state index in [1.807, 2.05) is 0 Å². The molecule has 0 heterocycles. The summed E-state index contributed by atoms with van der Waals surface area (Å²) in [5, 5.41) is 10.00. The van der Waals surface area contributed by atoms with Crippen molar-refractivity contribution >= 4 is 0 Å². The molecule has 0 spiro atoms. The van der Waals surface area contributed by atoms with E-state index < -0.39 is 0 Å². The second-order valence-corrected chi connectivity index (χ2v) is 5.34. The summed E-state index contributed by atoms with van der Waals surface area (Å²) in [6, 6.07) is 0. The number of hydrogen-bond acceptors (Lipinski definition) is 1. The zero-order chi connectivity index (χ0) is 8.29. The fraction of sp³-hybridized carbons (Fsp3) is 1.00. The Morgan fingerprint density at radius 2 is 1.75 bits per heavy atom. The third-order valence-corrected chi connectivity index (χ3v) is 4.82. The fourth-order valence-electron chi connectivity index (χ4n) is 4.18. The van der Waals surface area contributed by atoms with Crippen molar-refractivity contribution in [1.82, 2.24) is 0 Å². The van der Waals surface area contributed by atoms with E-state index in [1.165, 1.54) is 25.7 Å². The predicted molar refractivity (Wildman–Crippen MR) is 47.6 cm³/mol. The van der Waals surface area contributed by atoms with Gasteiger partial charge in [0.05, 0.1) is 6.10 Å². The van der Waals surface area contributed by atoms with E-state index in [0.29, 0.717) is 11.8 Å². The average Bonchev–Trinajstić information content (AvgIpc) is 2.07. The van der Waals surface area contributed by atoms with Crippen LogP contribution >= 0.6 is 0 Å². The van der Waals surface area contributed by atoms with Crippen molar-refractivity contribution in [3.05, 3.63) is 0 Å². The summed E-state index contributed by atoms with van der Waals surface area (Å²) in [5.41, 5.74) is 0. The Bertz CT molecular complexity index is 183. The van der Waals surface area contributed by atoms with Gasteiger partial charge in [-0.2, -0.15) is 0 Å². The van der Waals surface area contributed by atoms with Gasteiger partial charge in [0.25, 0.3) is 0 Å². The number of aliphatic hydroxyl groups excluding tert-OH is 1. The van der Waals surface area contributed by atoms with Gasteiger partial charge in [0.15, 0.2) is 0 Å². The van der Waals surface area contributed by atoms with E-state index in [0.717, 1.165) is 17.8 Å². The maximum Gasteiger partial charge on any atom is 0.0599 e. The first-order chi connectivity index (χ1) is 5.75. The molecule has 4 rings (SSSR count). The lowest BCUT2D eigenvalue weighted by Gasteiger charge is -2.56. The van der Waals surface area contributed by atoms with Crippen molar-refractivity contribution in [3.63, 3.8) is 0 Å². The van der Waals surface area contributed by atoms with E-state index >= 15 is 0 Å². The molecular formula is C11H18O. The molecule has 1 nitrogen and oxygen atoms in total. The van der Waals surface area contributed by atoms with Crippen LogP contribution in [0.5, 0.6) is 0 Å². The van der Waals surface area contributed by atoms with Crippen molar-refractivity contribution in [1.29, 1.82) is 0 Å². The monoisotopic (exact) mass is 166 g/mol. The van der Waals surface area contributed by atoms with Crippen LogP contribution in [0.15, 0.2) is 0 Å². The second kappa shape index (κ2) is 2.25. The molecule has 0 amide bonds. The molecule has 4 aliphatic carbocycles. The van der Waals surface area contributed by atoms with Crippen molar-refractivity contribution in [3.8, 4) is 0 Å². The Kier molecular flexibility index (Phi) is 1.39. The molecule has 4 fully saturated rings. The smallest absolute Gasteiger partial charge is 0.0599 e. The van der Waals surface area contributed by atoms with Gasteiger partial charge in [-0.3, -0.25) is 0 Å². The van der Waals surface area contributed by atoms with Crippen molar-refractivity contribution in [2.75, 3.05) is 0 Å². The molecule has 0 aromatic carbocycles. The maximum absolute atomic E-state index is 10.00.